The number of rotatable bonds is 5. The van der Waals surface area contributed by atoms with Gasteiger partial charge in [-0.3, -0.25) is 0 Å². The second-order valence-electron chi connectivity index (χ2n) is 3.83. The lowest BCUT2D eigenvalue weighted by Gasteiger charge is -2.10. The molecule has 0 amide bonds. The summed E-state index contributed by atoms with van der Waals surface area (Å²) in [6, 6.07) is 8.13. The molecule has 21 heavy (non-hydrogen) atoms. The second-order valence-corrected chi connectivity index (χ2v) is 3.83. The van der Waals surface area contributed by atoms with Crippen LogP contribution in [0.25, 0.3) is 0 Å². The summed E-state index contributed by atoms with van der Waals surface area (Å²) in [5, 5.41) is 0. The van der Waals surface area contributed by atoms with E-state index in [2.05, 4.69) is 9.97 Å². The molecule has 0 atom stereocenters. The molecule has 1 aromatic carbocycles. The Morgan fingerprint density at radius 3 is 2.19 bits per heavy atom. The Morgan fingerprint density at radius 2 is 1.62 bits per heavy atom. The van der Waals surface area contributed by atoms with E-state index in [4.69, 9.17) is 18.9 Å². The first-order chi connectivity index (χ1) is 10.2. The van der Waals surface area contributed by atoms with Crippen molar-refractivity contribution in [1.82, 2.24) is 9.97 Å². The highest BCUT2D eigenvalue weighted by molar-refractivity contribution is 5.92. The largest absolute Gasteiger partial charge is 0.481 e. The smallest absolute Gasteiger partial charge is 0.341 e. The number of carbonyl (C=O) groups is 1. The Balaban J connectivity index is 2.36. The molecule has 0 bridgehead atoms. The van der Waals surface area contributed by atoms with Gasteiger partial charge in [-0.15, -0.1) is 0 Å². The molecule has 0 radical (unpaired) electrons. The number of benzene rings is 1. The fourth-order valence-corrected chi connectivity index (χ4v) is 1.57. The first-order valence-electron chi connectivity index (χ1n) is 6.00. The maximum Gasteiger partial charge on any atom is 0.341 e. The molecule has 0 aliphatic heterocycles. The lowest BCUT2D eigenvalue weighted by Crippen LogP contribution is -2.05. The number of para-hydroxylation sites is 1. The number of hydrogen-bond donors (Lipinski definition) is 0. The summed E-state index contributed by atoms with van der Waals surface area (Å²) < 4.78 is 20.3. The van der Waals surface area contributed by atoms with Gasteiger partial charge in [0.05, 0.1) is 27.4 Å². The number of methoxy groups -OCH3 is 3. The maximum atomic E-state index is 11.7. The monoisotopic (exact) mass is 290 g/mol. The van der Waals surface area contributed by atoms with Gasteiger partial charge < -0.3 is 18.9 Å². The zero-order valence-corrected chi connectivity index (χ0v) is 11.8. The minimum Gasteiger partial charge on any atom is -0.481 e. The summed E-state index contributed by atoms with van der Waals surface area (Å²) in [6.07, 6.45) is 0. The van der Waals surface area contributed by atoms with E-state index in [1.165, 1.54) is 27.4 Å². The molecule has 0 aliphatic carbocycles. The topological polar surface area (TPSA) is 79.8 Å². The molecule has 0 fully saturated rings. The van der Waals surface area contributed by atoms with Crippen LogP contribution in [0.1, 0.15) is 10.4 Å². The van der Waals surface area contributed by atoms with Gasteiger partial charge in [-0.05, 0) is 12.1 Å². The minimum absolute atomic E-state index is 0.00236. The molecular weight excluding hydrogens is 276 g/mol. The fraction of sp³-hybridized carbons (Fsp3) is 0.214. The van der Waals surface area contributed by atoms with Crippen molar-refractivity contribution in [3.05, 3.63) is 35.9 Å². The van der Waals surface area contributed by atoms with Gasteiger partial charge in [0.25, 0.3) is 0 Å². The molecule has 0 spiro atoms. The third-order valence-electron chi connectivity index (χ3n) is 2.57. The van der Waals surface area contributed by atoms with Gasteiger partial charge in [-0.25, -0.2) is 4.79 Å². The van der Waals surface area contributed by atoms with Crippen LogP contribution in [0.3, 0.4) is 0 Å². The molecule has 7 nitrogen and oxygen atoms in total. The molecule has 0 aliphatic rings. The predicted octanol–water partition coefficient (Wildman–Crippen LogP) is 2.07. The molecule has 0 saturated heterocycles. The number of carbonyl (C=O) groups excluding carboxylic acids is 1. The molecule has 0 saturated carbocycles. The number of ether oxygens (including phenoxy) is 4. The Bertz CT molecular complexity index is 623. The van der Waals surface area contributed by atoms with Gasteiger partial charge in [0.15, 0.2) is 0 Å². The Kier molecular flexibility index (Phi) is 4.55. The predicted molar refractivity (Wildman–Crippen MR) is 73.0 cm³/mol. The Morgan fingerprint density at radius 1 is 1.00 bits per heavy atom. The van der Waals surface area contributed by atoms with E-state index in [9.17, 15) is 4.79 Å². The van der Waals surface area contributed by atoms with Crippen LogP contribution in [-0.2, 0) is 4.74 Å². The standard InChI is InChI=1S/C14H14N2O5/c1-18-11-8-12(19-2)16-14(15-11)21-10-7-5-4-6-9(10)13(17)20-3/h4-8H,1-3H3. The summed E-state index contributed by atoms with van der Waals surface area (Å²) in [7, 11) is 4.23. The van der Waals surface area contributed by atoms with Gasteiger partial charge in [0.2, 0.25) is 11.8 Å². The average Bonchev–Trinajstić information content (AvgIpc) is 2.54. The molecule has 0 N–H and O–H groups in total. The lowest BCUT2D eigenvalue weighted by molar-refractivity contribution is 0.0598. The summed E-state index contributed by atoms with van der Waals surface area (Å²) >= 11 is 0. The minimum atomic E-state index is -0.513. The molecule has 1 heterocycles. The van der Waals surface area contributed by atoms with Crippen LogP contribution in [0.15, 0.2) is 30.3 Å². The van der Waals surface area contributed by atoms with Gasteiger partial charge in [-0.1, -0.05) is 12.1 Å². The van der Waals surface area contributed by atoms with Crippen molar-refractivity contribution < 1.29 is 23.7 Å². The number of nitrogens with zero attached hydrogens (tertiary/aromatic N) is 2. The van der Waals surface area contributed by atoms with E-state index in [0.717, 1.165) is 0 Å². The van der Waals surface area contributed by atoms with Crippen molar-refractivity contribution in [3.8, 4) is 23.5 Å². The van der Waals surface area contributed by atoms with Crippen molar-refractivity contribution in [2.24, 2.45) is 0 Å². The highest BCUT2D eigenvalue weighted by Gasteiger charge is 2.15. The van der Waals surface area contributed by atoms with Crippen molar-refractivity contribution in [3.63, 3.8) is 0 Å². The van der Waals surface area contributed by atoms with Crippen LogP contribution in [0.2, 0.25) is 0 Å². The SMILES string of the molecule is COC(=O)c1ccccc1Oc1nc(OC)cc(OC)n1. The highest BCUT2D eigenvalue weighted by atomic mass is 16.5. The summed E-state index contributed by atoms with van der Waals surface area (Å²) in [4.78, 5) is 19.7. The van der Waals surface area contributed by atoms with E-state index >= 15 is 0 Å². The van der Waals surface area contributed by atoms with Crippen LogP contribution in [0, 0.1) is 0 Å². The van der Waals surface area contributed by atoms with E-state index in [1.807, 2.05) is 0 Å². The van der Waals surface area contributed by atoms with Crippen LogP contribution >= 0.6 is 0 Å². The maximum absolute atomic E-state index is 11.7. The molecule has 0 unspecified atom stereocenters. The van der Waals surface area contributed by atoms with Crippen LogP contribution < -0.4 is 14.2 Å². The summed E-state index contributed by atoms with van der Waals surface area (Å²) in [6.45, 7) is 0. The third-order valence-corrected chi connectivity index (χ3v) is 2.57. The highest BCUT2D eigenvalue weighted by Crippen LogP contribution is 2.26. The summed E-state index contributed by atoms with van der Waals surface area (Å²) in [5.41, 5.74) is 0.269. The summed E-state index contributed by atoms with van der Waals surface area (Å²) in [5.74, 6) is 0.333. The van der Waals surface area contributed by atoms with E-state index in [-0.39, 0.29) is 29.1 Å². The van der Waals surface area contributed by atoms with Crippen LogP contribution in [-0.4, -0.2) is 37.3 Å². The van der Waals surface area contributed by atoms with Crippen molar-refractivity contribution in [1.29, 1.82) is 0 Å². The third kappa shape index (κ3) is 3.38. The molecule has 7 heteroatoms. The van der Waals surface area contributed by atoms with E-state index in [1.54, 1.807) is 24.3 Å². The molecule has 1 aromatic heterocycles. The molecule has 2 aromatic rings. The van der Waals surface area contributed by atoms with Crippen molar-refractivity contribution in [2.75, 3.05) is 21.3 Å². The molecular formula is C14H14N2O5. The van der Waals surface area contributed by atoms with Crippen LogP contribution in [0.4, 0.5) is 0 Å². The lowest BCUT2D eigenvalue weighted by atomic mass is 10.2. The van der Waals surface area contributed by atoms with Gasteiger partial charge in [0.1, 0.15) is 11.3 Å². The zero-order valence-electron chi connectivity index (χ0n) is 11.8. The van der Waals surface area contributed by atoms with Gasteiger partial charge >= 0.3 is 12.0 Å². The quantitative estimate of drug-likeness (QED) is 0.780. The normalized spacial score (nSPS) is 9.86. The van der Waals surface area contributed by atoms with E-state index < -0.39 is 5.97 Å². The first-order valence-corrected chi connectivity index (χ1v) is 6.00. The second kappa shape index (κ2) is 6.56. The number of hydrogen-bond acceptors (Lipinski definition) is 7. The zero-order chi connectivity index (χ0) is 15.2. The average molecular weight is 290 g/mol. The Labute approximate surface area is 121 Å². The van der Waals surface area contributed by atoms with Crippen molar-refractivity contribution in [2.45, 2.75) is 0 Å². The number of esters is 1. The fourth-order valence-electron chi connectivity index (χ4n) is 1.57. The van der Waals surface area contributed by atoms with Gasteiger partial charge in [-0.2, -0.15) is 9.97 Å². The number of aromatic nitrogens is 2. The van der Waals surface area contributed by atoms with Crippen LogP contribution in [0.5, 0.6) is 23.5 Å². The Hall–Kier alpha value is -2.83. The van der Waals surface area contributed by atoms with Crippen molar-refractivity contribution >= 4 is 5.97 Å². The first kappa shape index (κ1) is 14.6. The molecule has 110 valence electrons. The molecule has 2 rings (SSSR count). The van der Waals surface area contributed by atoms with E-state index in [0.29, 0.717) is 0 Å². The van der Waals surface area contributed by atoms with Gasteiger partial charge in [0, 0.05) is 0 Å².